The van der Waals surface area contributed by atoms with Crippen molar-refractivity contribution in [3.63, 3.8) is 0 Å². The van der Waals surface area contributed by atoms with Crippen molar-refractivity contribution in [1.82, 2.24) is 4.90 Å². The zero-order valence-electron chi connectivity index (χ0n) is 12.3. The molecule has 1 rings (SSSR count). The van der Waals surface area contributed by atoms with Gasteiger partial charge < -0.3 is 10.6 Å². The van der Waals surface area contributed by atoms with Gasteiger partial charge >= 0.3 is 6.18 Å². The number of alkyl halides is 3. The maximum atomic E-state index is 12.2. The Bertz CT molecular complexity index is 278. The van der Waals surface area contributed by atoms with E-state index in [2.05, 4.69) is 11.8 Å². The third kappa shape index (κ3) is 4.63. The van der Waals surface area contributed by atoms with Gasteiger partial charge in [0.25, 0.3) is 0 Å². The zero-order chi connectivity index (χ0) is 14.7. The first-order valence-electron chi connectivity index (χ1n) is 7.17. The molecule has 0 heterocycles. The van der Waals surface area contributed by atoms with Crippen molar-refractivity contribution in [2.45, 2.75) is 69.6 Å². The summed E-state index contributed by atoms with van der Waals surface area (Å²) in [6.07, 6.45) is 0.103. The summed E-state index contributed by atoms with van der Waals surface area (Å²) in [7, 11) is 4.00. The molecule has 3 atom stereocenters. The lowest BCUT2D eigenvalue weighted by molar-refractivity contribution is -0.136. The van der Waals surface area contributed by atoms with E-state index in [1.807, 2.05) is 14.1 Å². The van der Waals surface area contributed by atoms with Crippen molar-refractivity contribution in [3.05, 3.63) is 0 Å². The van der Waals surface area contributed by atoms with Crippen LogP contribution in [0.4, 0.5) is 13.2 Å². The molecule has 19 heavy (non-hydrogen) atoms. The smallest absolute Gasteiger partial charge is 0.326 e. The summed E-state index contributed by atoms with van der Waals surface area (Å²) >= 11 is 0. The van der Waals surface area contributed by atoms with Gasteiger partial charge in [-0.15, -0.1) is 0 Å². The summed E-state index contributed by atoms with van der Waals surface area (Å²) < 4.78 is 36.6. The van der Waals surface area contributed by atoms with Crippen LogP contribution in [0.5, 0.6) is 0 Å². The third-order valence-corrected chi connectivity index (χ3v) is 4.56. The first-order chi connectivity index (χ1) is 8.67. The molecular weight excluding hydrogens is 253 g/mol. The van der Waals surface area contributed by atoms with Gasteiger partial charge in [0.15, 0.2) is 0 Å². The van der Waals surface area contributed by atoms with Crippen LogP contribution in [0, 0.1) is 5.92 Å². The number of hydrogen-bond donors (Lipinski definition) is 1. The lowest BCUT2D eigenvalue weighted by Crippen LogP contribution is -2.59. The highest BCUT2D eigenvalue weighted by molar-refractivity contribution is 5.00. The van der Waals surface area contributed by atoms with Crippen molar-refractivity contribution in [3.8, 4) is 0 Å². The highest BCUT2D eigenvalue weighted by Gasteiger charge is 2.42. The zero-order valence-corrected chi connectivity index (χ0v) is 12.3. The van der Waals surface area contributed by atoms with Crippen LogP contribution >= 0.6 is 0 Å². The third-order valence-electron chi connectivity index (χ3n) is 4.56. The molecule has 0 radical (unpaired) electrons. The lowest BCUT2D eigenvalue weighted by atomic mass is 9.70. The van der Waals surface area contributed by atoms with E-state index in [1.54, 1.807) is 0 Å². The van der Waals surface area contributed by atoms with Crippen LogP contribution in [0.1, 0.15) is 51.9 Å². The molecule has 2 N–H and O–H groups in total. The van der Waals surface area contributed by atoms with Gasteiger partial charge in [-0.05, 0) is 45.7 Å². The second-order valence-electron chi connectivity index (χ2n) is 6.31. The Kier molecular flexibility index (Phi) is 5.68. The van der Waals surface area contributed by atoms with E-state index < -0.39 is 12.6 Å². The fourth-order valence-electron chi connectivity index (χ4n) is 3.43. The van der Waals surface area contributed by atoms with E-state index in [4.69, 9.17) is 5.73 Å². The fraction of sp³-hybridized carbons (Fsp3) is 1.00. The number of nitrogens with two attached hydrogens (primary N) is 1. The van der Waals surface area contributed by atoms with Gasteiger partial charge in [-0.3, -0.25) is 0 Å². The molecule has 0 saturated heterocycles. The Labute approximate surface area is 114 Å². The highest BCUT2D eigenvalue weighted by Crippen LogP contribution is 2.39. The highest BCUT2D eigenvalue weighted by atomic mass is 19.4. The Balaban J connectivity index is 2.60. The average molecular weight is 280 g/mol. The molecule has 1 fully saturated rings. The van der Waals surface area contributed by atoms with Crippen LogP contribution in [-0.4, -0.2) is 36.8 Å². The number of likely N-dealkylation sites (N-methyl/N-ethyl adjacent to an activating group) is 1. The molecule has 0 amide bonds. The minimum atomic E-state index is -4.06. The van der Waals surface area contributed by atoms with E-state index in [-0.39, 0.29) is 18.0 Å². The molecule has 0 aromatic rings. The van der Waals surface area contributed by atoms with Gasteiger partial charge in [-0.25, -0.2) is 0 Å². The van der Waals surface area contributed by atoms with Crippen molar-refractivity contribution in [2.24, 2.45) is 11.7 Å². The van der Waals surface area contributed by atoms with Crippen molar-refractivity contribution in [1.29, 1.82) is 0 Å². The first-order valence-corrected chi connectivity index (χ1v) is 7.17. The van der Waals surface area contributed by atoms with Gasteiger partial charge in [0.2, 0.25) is 0 Å². The van der Waals surface area contributed by atoms with Gasteiger partial charge in [-0.2, -0.15) is 13.2 Å². The van der Waals surface area contributed by atoms with Crippen LogP contribution < -0.4 is 5.73 Å². The van der Waals surface area contributed by atoms with E-state index in [0.717, 1.165) is 19.3 Å². The van der Waals surface area contributed by atoms with Crippen molar-refractivity contribution >= 4 is 0 Å². The molecule has 114 valence electrons. The SMILES string of the molecule is CC1CCCC(C(N)CCCC(F)(F)F)(N(C)C)C1. The minimum absolute atomic E-state index is 0.122. The van der Waals surface area contributed by atoms with E-state index >= 15 is 0 Å². The molecule has 1 aliphatic rings. The monoisotopic (exact) mass is 280 g/mol. The maximum absolute atomic E-state index is 12.2. The van der Waals surface area contributed by atoms with Crippen LogP contribution in [0.25, 0.3) is 0 Å². The molecular formula is C14H27F3N2. The minimum Gasteiger partial charge on any atom is -0.326 e. The molecule has 2 nitrogen and oxygen atoms in total. The molecule has 1 saturated carbocycles. The van der Waals surface area contributed by atoms with Crippen LogP contribution in [0.2, 0.25) is 0 Å². The lowest BCUT2D eigenvalue weighted by Gasteiger charge is -2.49. The normalized spacial score (nSPS) is 30.6. The van der Waals surface area contributed by atoms with Crippen molar-refractivity contribution < 1.29 is 13.2 Å². The standard InChI is InChI=1S/C14H27F3N2/c1-11-6-4-8-13(10-11,19(2)3)12(18)7-5-9-14(15,16)17/h11-12H,4-10,18H2,1-3H3. The number of rotatable bonds is 5. The fourth-order valence-corrected chi connectivity index (χ4v) is 3.43. The molecule has 0 bridgehead atoms. The molecule has 0 aromatic heterocycles. The summed E-state index contributed by atoms with van der Waals surface area (Å²) in [5.41, 5.74) is 6.15. The Hall–Kier alpha value is -0.290. The Morgan fingerprint density at radius 2 is 2.00 bits per heavy atom. The summed E-state index contributed by atoms with van der Waals surface area (Å²) in [6.45, 7) is 2.21. The van der Waals surface area contributed by atoms with E-state index in [9.17, 15) is 13.2 Å². The van der Waals surface area contributed by atoms with Gasteiger partial charge in [-0.1, -0.05) is 19.8 Å². The van der Waals surface area contributed by atoms with Gasteiger partial charge in [0.05, 0.1) is 0 Å². The predicted molar refractivity (Wildman–Crippen MR) is 71.9 cm³/mol. The average Bonchev–Trinajstić information content (AvgIpc) is 2.26. The summed E-state index contributed by atoms with van der Waals surface area (Å²) in [6, 6.07) is -0.174. The Morgan fingerprint density at radius 1 is 1.37 bits per heavy atom. The van der Waals surface area contributed by atoms with E-state index in [0.29, 0.717) is 12.3 Å². The topological polar surface area (TPSA) is 29.3 Å². The Morgan fingerprint density at radius 3 is 2.47 bits per heavy atom. The number of hydrogen-bond acceptors (Lipinski definition) is 2. The second kappa shape index (κ2) is 6.44. The number of halogens is 3. The summed E-state index contributed by atoms with van der Waals surface area (Å²) in [5.74, 6) is 0.602. The molecule has 1 aliphatic carbocycles. The van der Waals surface area contributed by atoms with Crippen LogP contribution in [0.15, 0.2) is 0 Å². The maximum Gasteiger partial charge on any atom is 0.389 e. The first kappa shape index (κ1) is 16.8. The van der Waals surface area contributed by atoms with Crippen LogP contribution in [-0.2, 0) is 0 Å². The number of nitrogens with zero attached hydrogens (tertiary/aromatic N) is 1. The summed E-state index contributed by atoms with van der Waals surface area (Å²) in [4.78, 5) is 2.14. The molecule has 3 unspecified atom stereocenters. The largest absolute Gasteiger partial charge is 0.389 e. The van der Waals surface area contributed by atoms with Crippen molar-refractivity contribution in [2.75, 3.05) is 14.1 Å². The second-order valence-corrected chi connectivity index (χ2v) is 6.31. The quantitative estimate of drug-likeness (QED) is 0.834. The summed E-state index contributed by atoms with van der Waals surface area (Å²) in [5, 5.41) is 0. The molecule has 0 aromatic carbocycles. The predicted octanol–water partition coefficient (Wildman–Crippen LogP) is 3.56. The van der Waals surface area contributed by atoms with Crippen LogP contribution in [0.3, 0.4) is 0 Å². The molecule has 0 aliphatic heterocycles. The van der Waals surface area contributed by atoms with Gasteiger partial charge in [0, 0.05) is 18.0 Å². The molecule has 0 spiro atoms. The molecule has 5 heteroatoms. The van der Waals surface area contributed by atoms with Gasteiger partial charge in [0.1, 0.15) is 0 Å². The van der Waals surface area contributed by atoms with E-state index in [1.165, 1.54) is 6.42 Å².